The standard InChI is InChI=1S/C11H12BrNO4/c1-17-11(16)9(14)6-13-10(15)7-4-2-3-5-8(7)12/h2-5,9,14H,6H2,1H3,(H,13,15). The molecule has 0 radical (unpaired) electrons. The maximum Gasteiger partial charge on any atom is 0.336 e. The molecule has 0 aromatic heterocycles. The van der Waals surface area contributed by atoms with E-state index in [9.17, 15) is 14.7 Å². The number of carbonyl (C=O) groups is 2. The lowest BCUT2D eigenvalue weighted by Gasteiger charge is -2.10. The van der Waals surface area contributed by atoms with Gasteiger partial charge in [-0.05, 0) is 28.1 Å². The number of methoxy groups -OCH3 is 1. The molecule has 1 unspecified atom stereocenters. The van der Waals surface area contributed by atoms with Gasteiger partial charge >= 0.3 is 5.97 Å². The van der Waals surface area contributed by atoms with Gasteiger partial charge in [0.15, 0.2) is 6.10 Å². The Morgan fingerprint density at radius 3 is 2.71 bits per heavy atom. The first-order valence-electron chi connectivity index (χ1n) is 4.85. The van der Waals surface area contributed by atoms with Crippen LogP contribution in [-0.4, -0.2) is 36.7 Å². The van der Waals surface area contributed by atoms with Gasteiger partial charge in [0.2, 0.25) is 0 Å². The number of aliphatic hydroxyl groups excluding tert-OH is 1. The van der Waals surface area contributed by atoms with Gasteiger partial charge in [-0.3, -0.25) is 4.79 Å². The van der Waals surface area contributed by atoms with Crippen molar-refractivity contribution < 1.29 is 19.4 Å². The van der Waals surface area contributed by atoms with Gasteiger partial charge < -0.3 is 15.2 Å². The summed E-state index contributed by atoms with van der Waals surface area (Å²) in [6, 6.07) is 6.86. The maximum atomic E-state index is 11.7. The molecular formula is C11H12BrNO4. The molecule has 92 valence electrons. The molecule has 1 aromatic rings. The van der Waals surface area contributed by atoms with Crippen molar-refractivity contribution in [1.29, 1.82) is 0 Å². The molecule has 6 heteroatoms. The van der Waals surface area contributed by atoms with Gasteiger partial charge in [-0.25, -0.2) is 4.79 Å². The molecule has 0 aliphatic carbocycles. The zero-order valence-corrected chi connectivity index (χ0v) is 10.7. The number of esters is 1. The second-order valence-corrected chi connectivity index (χ2v) is 4.08. The van der Waals surface area contributed by atoms with Gasteiger partial charge in [-0.1, -0.05) is 12.1 Å². The van der Waals surface area contributed by atoms with Gasteiger partial charge in [0.1, 0.15) is 0 Å². The fourth-order valence-electron chi connectivity index (χ4n) is 1.15. The molecule has 1 amide bonds. The van der Waals surface area contributed by atoms with Crippen LogP contribution in [0.25, 0.3) is 0 Å². The van der Waals surface area contributed by atoms with Crippen molar-refractivity contribution in [2.75, 3.05) is 13.7 Å². The van der Waals surface area contributed by atoms with Crippen molar-refractivity contribution in [3.63, 3.8) is 0 Å². The number of nitrogens with one attached hydrogen (secondary N) is 1. The first-order chi connectivity index (χ1) is 8.06. The molecule has 1 rings (SSSR count). The lowest BCUT2D eigenvalue weighted by Crippen LogP contribution is -2.37. The molecule has 0 bridgehead atoms. The highest BCUT2D eigenvalue weighted by Crippen LogP contribution is 2.15. The largest absolute Gasteiger partial charge is 0.467 e. The molecular weight excluding hydrogens is 290 g/mol. The van der Waals surface area contributed by atoms with E-state index in [0.717, 1.165) is 0 Å². The minimum atomic E-state index is -1.36. The minimum absolute atomic E-state index is 0.188. The first kappa shape index (κ1) is 13.7. The average Bonchev–Trinajstić information content (AvgIpc) is 2.35. The van der Waals surface area contributed by atoms with Crippen molar-refractivity contribution in [2.24, 2.45) is 0 Å². The van der Waals surface area contributed by atoms with E-state index in [1.165, 1.54) is 7.11 Å². The highest BCUT2D eigenvalue weighted by molar-refractivity contribution is 9.10. The summed E-state index contributed by atoms with van der Waals surface area (Å²) < 4.78 is 4.97. The minimum Gasteiger partial charge on any atom is -0.467 e. The Morgan fingerprint density at radius 1 is 1.47 bits per heavy atom. The van der Waals surface area contributed by atoms with Crippen molar-refractivity contribution in [3.05, 3.63) is 34.3 Å². The zero-order valence-electron chi connectivity index (χ0n) is 9.14. The third-order valence-corrected chi connectivity index (χ3v) is 2.74. The van der Waals surface area contributed by atoms with E-state index < -0.39 is 12.1 Å². The Hall–Kier alpha value is -1.40. The van der Waals surface area contributed by atoms with Gasteiger partial charge in [-0.2, -0.15) is 0 Å². The van der Waals surface area contributed by atoms with Crippen molar-refractivity contribution in [2.45, 2.75) is 6.10 Å². The van der Waals surface area contributed by atoms with E-state index in [-0.39, 0.29) is 12.5 Å². The monoisotopic (exact) mass is 301 g/mol. The molecule has 17 heavy (non-hydrogen) atoms. The molecule has 0 fully saturated rings. The molecule has 5 nitrogen and oxygen atoms in total. The average molecular weight is 302 g/mol. The van der Waals surface area contributed by atoms with Gasteiger partial charge in [-0.15, -0.1) is 0 Å². The van der Waals surface area contributed by atoms with Crippen LogP contribution in [-0.2, 0) is 9.53 Å². The van der Waals surface area contributed by atoms with E-state index in [0.29, 0.717) is 10.0 Å². The number of amides is 1. The SMILES string of the molecule is COC(=O)C(O)CNC(=O)c1ccccc1Br. The molecule has 1 atom stereocenters. The van der Waals surface area contributed by atoms with E-state index in [4.69, 9.17) is 0 Å². The van der Waals surface area contributed by atoms with Crippen LogP contribution in [0.1, 0.15) is 10.4 Å². The molecule has 0 saturated heterocycles. The smallest absolute Gasteiger partial charge is 0.336 e. The molecule has 0 aliphatic rings. The number of halogens is 1. The zero-order chi connectivity index (χ0) is 12.8. The molecule has 0 aliphatic heterocycles. The van der Waals surface area contributed by atoms with E-state index in [1.54, 1.807) is 24.3 Å². The number of ether oxygens (including phenoxy) is 1. The number of carbonyl (C=O) groups excluding carboxylic acids is 2. The molecule has 0 spiro atoms. The van der Waals surface area contributed by atoms with Crippen molar-refractivity contribution in [1.82, 2.24) is 5.32 Å². The summed E-state index contributed by atoms with van der Waals surface area (Å²) >= 11 is 3.23. The molecule has 0 saturated carbocycles. The van der Waals surface area contributed by atoms with Crippen LogP contribution in [0.2, 0.25) is 0 Å². The Kier molecular flexibility index (Phi) is 5.11. The summed E-state index contributed by atoms with van der Waals surface area (Å²) in [5, 5.41) is 11.7. The Labute approximate surface area is 107 Å². The Bertz CT molecular complexity index is 422. The maximum absolute atomic E-state index is 11.7. The Balaban J connectivity index is 2.57. The number of aliphatic hydroxyl groups is 1. The second-order valence-electron chi connectivity index (χ2n) is 3.23. The van der Waals surface area contributed by atoms with Crippen LogP contribution in [0.3, 0.4) is 0 Å². The normalized spacial score (nSPS) is 11.7. The van der Waals surface area contributed by atoms with Crippen LogP contribution in [0.15, 0.2) is 28.7 Å². The summed E-state index contributed by atoms with van der Waals surface area (Å²) in [7, 11) is 1.17. The van der Waals surface area contributed by atoms with Crippen molar-refractivity contribution in [3.8, 4) is 0 Å². The van der Waals surface area contributed by atoms with Gasteiger partial charge in [0.05, 0.1) is 19.2 Å². The summed E-state index contributed by atoms with van der Waals surface area (Å²) in [5.74, 6) is -1.15. The number of hydrogen-bond acceptors (Lipinski definition) is 4. The molecule has 1 aromatic carbocycles. The fourth-order valence-corrected chi connectivity index (χ4v) is 1.61. The van der Waals surface area contributed by atoms with E-state index >= 15 is 0 Å². The van der Waals surface area contributed by atoms with E-state index in [1.807, 2.05) is 0 Å². The Morgan fingerprint density at radius 2 is 2.12 bits per heavy atom. The highest BCUT2D eigenvalue weighted by atomic mass is 79.9. The highest BCUT2D eigenvalue weighted by Gasteiger charge is 2.17. The van der Waals surface area contributed by atoms with Crippen LogP contribution in [0.4, 0.5) is 0 Å². The van der Waals surface area contributed by atoms with Crippen molar-refractivity contribution >= 4 is 27.8 Å². The summed E-state index contributed by atoms with van der Waals surface area (Å²) in [6.07, 6.45) is -1.36. The van der Waals surface area contributed by atoms with E-state index in [2.05, 4.69) is 26.0 Å². The van der Waals surface area contributed by atoms with Crippen LogP contribution >= 0.6 is 15.9 Å². The van der Waals surface area contributed by atoms with Crippen LogP contribution < -0.4 is 5.32 Å². The predicted octanol–water partition coefficient (Wildman–Crippen LogP) is 0.713. The van der Waals surface area contributed by atoms with Gasteiger partial charge in [0, 0.05) is 4.47 Å². The quantitative estimate of drug-likeness (QED) is 0.803. The summed E-state index contributed by atoms with van der Waals surface area (Å²) in [4.78, 5) is 22.6. The first-order valence-corrected chi connectivity index (χ1v) is 5.64. The lowest BCUT2D eigenvalue weighted by atomic mass is 10.2. The third kappa shape index (κ3) is 3.83. The fraction of sp³-hybridized carbons (Fsp3) is 0.273. The molecule has 0 heterocycles. The number of hydrogen-bond donors (Lipinski definition) is 2. The second kappa shape index (κ2) is 6.36. The third-order valence-electron chi connectivity index (χ3n) is 2.05. The van der Waals surface area contributed by atoms with Gasteiger partial charge in [0.25, 0.3) is 5.91 Å². The summed E-state index contributed by atoms with van der Waals surface area (Å²) in [5.41, 5.74) is 0.435. The molecule has 2 N–H and O–H groups in total. The van der Waals surface area contributed by atoms with Crippen LogP contribution in [0, 0.1) is 0 Å². The number of benzene rings is 1. The lowest BCUT2D eigenvalue weighted by molar-refractivity contribution is -0.149. The van der Waals surface area contributed by atoms with Crippen LogP contribution in [0.5, 0.6) is 0 Å². The predicted molar refractivity (Wildman–Crippen MR) is 64.5 cm³/mol. The summed E-state index contributed by atoms with van der Waals surface area (Å²) in [6.45, 7) is -0.188. The topological polar surface area (TPSA) is 75.6 Å². The number of rotatable bonds is 4.